The summed E-state index contributed by atoms with van der Waals surface area (Å²) in [5.41, 5.74) is -0.359. The molecule has 0 aromatic rings. The van der Waals surface area contributed by atoms with E-state index in [9.17, 15) is 4.79 Å². The first-order valence-electron chi connectivity index (χ1n) is 4.30. The number of hydrogen-bond acceptors (Lipinski definition) is 3. The van der Waals surface area contributed by atoms with Crippen molar-refractivity contribution in [2.24, 2.45) is 5.41 Å². The molecule has 3 nitrogen and oxygen atoms in total. The van der Waals surface area contributed by atoms with Gasteiger partial charge >= 0.3 is 0 Å². The largest absolute Gasteiger partial charge is 0.379 e. The van der Waals surface area contributed by atoms with Gasteiger partial charge in [0, 0.05) is 12.0 Å². The minimum Gasteiger partial charge on any atom is -0.379 e. The van der Waals surface area contributed by atoms with Crippen LogP contribution in [0.4, 0.5) is 0 Å². The molecule has 1 atom stereocenters. The normalized spacial score (nSPS) is 24.3. The van der Waals surface area contributed by atoms with Crippen molar-refractivity contribution < 1.29 is 14.3 Å². The Labute approximate surface area is 73.0 Å². The van der Waals surface area contributed by atoms with Crippen molar-refractivity contribution in [2.75, 3.05) is 19.8 Å². The Morgan fingerprint density at radius 1 is 1.67 bits per heavy atom. The van der Waals surface area contributed by atoms with E-state index in [1.807, 2.05) is 13.8 Å². The number of hydrogen-bond donors (Lipinski definition) is 0. The van der Waals surface area contributed by atoms with Gasteiger partial charge in [0.05, 0.1) is 19.3 Å². The average molecular weight is 172 g/mol. The highest BCUT2D eigenvalue weighted by atomic mass is 16.5. The SMILES string of the molecule is CC(C)(C=O)COC1CCOC1. The lowest BCUT2D eigenvalue weighted by atomic mass is 9.97. The van der Waals surface area contributed by atoms with Gasteiger partial charge < -0.3 is 14.3 Å². The summed E-state index contributed by atoms with van der Waals surface area (Å²) in [7, 11) is 0. The summed E-state index contributed by atoms with van der Waals surface area (Å²) in [6, 6.07) is 0. The predicted molar refractivity (Wildman–Crippen MR) is 45.0 cm³/mol. The summed E-state index contributed by atoms with van der Waals surface area (Å²) in [6.45, 7) is 5.69. The number of aldehydes is 1. The zero-order chi connectivity index (χ0) is 9.03. The quantitative estimate of drug-likeness (QED) is 0.594. The Balaban J connectivity index is 2.19. The van der Waals surface area contributed by atoms with Crippen molar-refractivity contribution in [3.8, 4) is 0 Å². The van der Waals surface area contributed by atoms with E-state index >= 15 is 0 Å². The van der Waals surface area contributed by atoms with Gasteiger partial charge in [0.25, 0.3) is 0 Å². The van der Waals surface area contributed by atoms with Gasteiger partial charge in [-0.3, -0.25) is 0 Å². The van der Waals surface area contributed by atoms with Gasteiger partial charge in [0.1, 0.15) is 6.29 Å². The Morgan fingerprint density at radius 2 is 2.42 bits per heavy atom. The number of ether oxygens (including phenoxy) is 2. The molecule has 0 radical (unpaired) electrons. The molecule has 0 amide bonds. The van der Waals surface area contributed by atoms with E-state index in [2.05, 4.69) is 0 Å². The van der Waals surface area contributed by atoms with Crippen molar-refractivity contribution >= 4 is 6.29 Å². The maximum Gasteiger partial charge on any atom is 0.127 e. The third kappa shape index (κ3) is 2.91. The first-order chi connectivity index (χ1) is 5.64. The van der Waals surface area contributed by atoms with Crippen molar-refractivity contribution in [2.45, 2.75) is 26.4 Å². The van der Waals surface area contributed by atoms with Gasteiger partial charge in [-0.1, -0.05) is 13.8 Å². The minimum absolute atomic E-state index is 0.198. The van der Waals surface area contributed by atoms with Gasteiger partial charge in [-0.05, 0) is 6.42 Å². The van der Waals surface area contributed by atoms with E-state index in [0.717, 1.165) is 19.3 Å². The van der Waals surface area contributed by atoms with Crippen LogP contribution in [0.15, 0.2) is 0 Å². The topological polar surface area (TPSA) is 35.5 Å². The molecule has 0 bridgehead atoms. The summed E-state index contributed by atoms with van der Waals surface area (Å²) in [5.74, 6) is 0. The molecule has 0 saturated carbocycles. The molecule has 1 rings (SSSR count). The van der Waals surface area contributed by atoms with Crippen molar-refractivity contribution in [3.63, 3.8) is 0 Å². The lowest BCUT2D eigenvalue weighted by Crippen LogP contribution is -2.25. The Morgan fingerprint density at radius 3 is 2.92 bits per heavy atom. The minimum atomic E-state index is -0.359. The molecule has 1 unspecified atom stereocenters. The fourth-order valence-corrected chi connectivity index (χ4v) is 1.01. The van der Waals surface area contributed by atoms with Crippen LogP contribution in [0.1, 0.15) is 20.3 Å². The predicted octanol–water partition coefficient (Wildman–Crippen LogP) is 1.02. The summed E-state index contributed by atoms with van der Waals surface area (Å²) in [4.78, 5) is 10.5. The second-order valence-electron chi connectivity index (χ2n) is 3.90. The molecule has 1 heterocycles. The molecule has 1 aliphatic rings. The third-order valence-electron chi connectivity index (χ3n) is 1.90. The summed E-state index contributed by atoms with van der Waals surface area (Å²) < 4.78 is 10.6. The molecule has 70 valence electrons. The second kappa shape index (κ2) is 4.01. The monoisotopic (exact) mass is 172 g/mol. The molecule has 0 aromatic carbocycles. The van der Waals surface area contributed by atoms with Crippen LogP contribution in [-0.2, 0) is 14.3 Å². The lowest BCUT2D eigenvalue weighted by molar-refractivity contribution is -0.119. The maximum absolute atomic E-state index is 10.5. The standard InChI is InChI=1S/C9H16O3/c1-9(2,6-10)7-12-8-3-4-11-5-8/h6,8H,3-5,7H2,1-2H3. The Hall–Kier alpha value is -0.410. The van der Waals surface area contributed by atoms with Crippen LogP contribution in [-0.4, -0.2) is 32.2 Å². The zero-order valence-electron chi connectivity index (χ0n) is 7.71. The van der Waals surface area contributed by atoms with E-state index in [1.54, 1.807) is 0 Å². The van der Waals surface area contributed by atoms with Gasteiger partial charge in [0.15, 0.2) is 0 Å². The Bertz CT molecular complexity index is 148. The molecule has 1 fully saturated rings. The maximum atomic E-state index is 10.5. The van der Waals surface area contributed by atoms with Gasteiger partial charge in [-0.15, -0.1) is 0 Å². The first kappa shape index (κ1) is 9.68. The van der Waals surface area contributed by atoms with Crippen LogP contribution in [0, 0.1) is 5.41 Å². The van der Waals surface area contributed by atoms with Crippen LogP contribution >= 0.6 is 0 Å². The Kier molecular flexibility index (Phi) is 3.23. The highest BCUT2D eigenvalue weighted by Gasteiger charge is 2.22. The van der Waals surface area contributed by atoms with Crippen molar-refractivity contribution in [1.29, 1.82) is 0 Å². The highest BCUT2D eigenvalue weighted by molar-refractivity contribution is 5.57. The fraction of sp³-hybridized carbons (Fsp3) is 0.889. The molecule has 1 aliphatic heterocycles. The van der Waals surface area contributed by atoms with Gasteiger partial charge in [-0.25, -0.2) is 0 Å². The molecular formula is C9H16O3. The van der Waals surface area contributed by atoms with Crippen LogP contribution in [0.3, 0.4) is 0 Å². The molecule has 0 aliphatic carbocycles. The van der Waals surface area contributed by atoms with E-state index in [4.69, 9.17) is 9.47 Å². The molecule has 0 aromatic heterocycles. The van der Waals surface area contributed by atoms with Crippen LogP contribution in [0.25, 0.3) is 0 Å². The van der Waals surface area contributed by atoms with E-state index < -0.39 is 0 Å². The van der Waals surface area contributed by atoms with E-state index in [0.29, 0.717) is 13.2 Å². The van der Waals surface area contributed by atoms with Gasteiger partial charge in [-0.2, -0.15) is 0 Å². The fourth-order valence-electron chi connectivity index (χ4n) is 1.01. The molecule has 0 N–H and O–H groups in total. The molecule has 12 heavy (non-hydrogen) atoms. The van der Waals surface area contributed by atoms with Gasteiger partial charge in [0.2, 0.25) is 0 Å². The molecule has 0 spiro atoms. The summed E-state index contributed by atoms with van der Waals surface area (Å²) in [6.07, 6.45) is 2.09. The van der Waals surface area contributed by atoms with E-state index in [-0.39, 0.29) is 11.5 Å². The van der Waals surface area contributed by atoms with Crippen LogP contribution < -0.4 is 0 Å². The first-order valence-corrected chi connectivity index (χ1v) is 4.30. The number of carbonyl (C=O) groups excluding carboxylic acids is 1. The van der Waals surface area contributed by atoms with E-state index in [1.165, 1.54) is 0 Å². The van der Waals surface area contributed by atoms with Crippen molar-refractivity contribution in [3.05, 3.63) is 0 Å². The highest BCUT2D eigenvalue weighted by Crippen LogP contribution is 2.15. The smallest absolute Gasteiger partial charge is 0.127 e. The number of rotatable bonds is 4. The third-order valence-corrected chi connectivity index (χ3v) is 1.90. The molecular weight excluding hydrogens is 156 g/mol. The molecule has 3 heteroatoms. The second-order valence-corrected chi connectivity index (χ2v) is 3.90. The molecule has 1 saturated heterocycles. The van der Waals surface area contributed by atoms with Crippen LogP contribution in [0.5, 0.6) is 0 Å². The van der Waals surface area contributed by atoms with Crippen LogP contribution in [0.2, 0.25) is 0 Å². The number of carbonyl (C=O) groups is 1. The zero-order valence-corrected chi connectivity index (χ0v) is 7.71. The summed E-state index contributed by atoms with van der Waals surface area (Å²) >= 11 is 0. The average Bonchev–Trinajstić information content (AvgIpc) is 2.53. The van der Waals surface area contributed by atoms with Crippen molar-refractivity contribution in [1.82, 2.24) is 0 Å². The lowest BCUT2D eigenvalue weighted by Gasteiger charge is -2.19. The summed E-state index contributed by atoms with van der Waals surface area (Å²) in [5, 5.41) is 0.